The fraction of sp³-hybridized carbons (Fsp3) is 0.273. The lowest BCUT2D eigenvalue weighted by atomic mass is 10.1. The lowest BCUT2D eigenvalue weighted by Gasteiger charge is -2.00. The van der Waals surface area contributed by atoms with Gasteiger partial charge in [-0.15, -0.1) is 11.3 Å². The largest absolute Gasteiger partial charge is 0.144 e. The predicted octanol–water partition coefficient (Wildman–Crippen LogP) is 4.23. The summed E-state index contributed by atoms with van der Waals surface area (Å²) < 4.78 is 1.41. The van der Waals surface area contributed by atoms with Crippen LogP contribution in [0.15, 0.2) is 29.6 Å². The van der Waals surface area contributed by atoms with Gasteiger partial charge in [0, 0.05) is 10.0 Å². The Morgan fingerprint density at radius 2 is 2.15 bits per heavy atom. The molecule has 68 valence electrons. The molecule has 0 fully saturated rings. The Kier molecular flexibility index (Phi) is 3.01. The summed E-state index contributed by atoms with van der Waals surface area (Å²) in [7, 11) is 0. The standard InChI is InChI=1S/C11H11BrS/c12-7-2-4-9-3-1-5-11-10(9)6-8-13-11/h1,3,5-6,8H,2,4,7H2. The summed E-state index contributed by atoms with van der Waals surface area (Å²) in [5.74, 6) is 0. The fourth-order valence-electron chi connectivity index (χ4n) is 1.53. The van der Waals surface area contributed by atoms with Crippen LogP contribution in [0.25, 0.3) is 10.1 Å². The second-order valence-electron chi connectivity index (χ2n) is 3.04. The van der Waals surface area contributed by atoms with Crippen molar-refractivity contribution in [1.29, 1.82) is 0 Å². The van der Waals surface area contributed by atoms with Crippen molar-refractivity contribution in [2.24, 2.45) is 0 Å². The fourth-order valence-corrected chi connectivity index (χ4v) is 2.65. The summed E-state index contributed by atoms with van der Waals surface area (Å²) in [4.78, 5) is 0. The highest BCUT2D eigenvalue weighted by atomic mass is 79.9. The van der Waals surface area contributed by atoms with Gasteiger partial charge in [0.05, 0.1) is 0 Å². The van der Waals surface area contributed by atoms with E-state index < -0.39 is 0 Å². The highest BCUT2D eigenvalue weighted by Gasteiger charge is 2.00. The van der Waals surface area contributed by atoms with Crippen LogP contribution in [0.3, 0.4) is 0 Å². The van der Waals surface area contributed by atoms with E-state index in [0.29, 0.717) is 0 Å². The zero-order chi connectivity index (χ0) is 9.10. The molecule has 0 aliphatic rings. The van der Waals surface area contributed by atoms with Crippen molar-refractivity contribution in [3.63, 3.8) is 0 Å². The summed E-state index contributed by atoms with van der Waals surface area (Å²) >= 11 is 5.29. The average molecular weight is 255 g/mol. The Morgan fingerprint density at radius 3 is 3.00 bits per heavy atom. The molecule has 0 saturated heterocycles. The topological polar surface area (TPSA) is 0 Å². The van der Waals surface area contributed by atoms with Crippen molar-refractivity contribution in [3.8, 4) is 0 Å². The Balaban J connectivity index is 2.37. The van der Waals surface area contributed by atoms with Gasteiger partial charge >= 0.3 is 0 Å². The molecule has 0 nitrogen and oxygen atoms in total. The third-order valence-electron chi connectivity index (χ3n) is 2.17. The minimum absolute atomic E-state index is 1.09. The number of benzene rings is 1. The predicted molar refractivity (Wildman–Crippen MR) is 63.9 cm³/mol. The molecule has 2 aromatic rings. The van der Waals surface area contributed by atoms with Crippen molar-refractivity contribution < 1.29 is 0 Å². The molecule has 0 amide bonds. The lowest BCUT2D eigenvalue weighted by Crippen LogP contribution is -1.85. The van der Waals surface area contributed by atoms with Crippen molar-refractivity contribution >= 4 is 37.4 Å². The SMILES string of the molecule is BrCCCc1cccc2sccc12. The normalized spacial score (nSPS) is 10.8. The van der Waals surface area contributed by atoms with E-state index in [1.54, 1.807) is 0 Å². The van der Waals surface area contributed by atoms with Gasteiger partial charge < -0.3 is 0 Å². The first kappa shape index (κ1) is 9.22. The third-order valence-corrected chi connectivity index (χ3v) is 3.61. The Bertz CT molecular complexity index is 392. The maximum absolute atomic E-state index is 3.46. The summed E-state index contributed by atoms with van der Waals surface area (Å²) in [5, 5.41) is 4.70. The molecule has 0 unspecified atom stereocenters. The van der Waals surface area contributed by atoms with Gasteiger partial charge in [-0.2, -0.15) is 0 Å². The summed E-state index contributed by atoms with van der Waals surface area (Å²) in [6, 6.07) is 8.81. The van der Waals surface area contributed by atoms with Gasteiger partial charge in [0.25, 0.3) is 0 Å². The van der Waals surface area contributed by atoms with Crippen molar-refractivity contribution in [3.05, 3.63) is 35.2 Å². The summed E-state index contributed by atoms with van der Waals surface area (Å²) in [6.45, 7) is 0. The molecule has 0 aliphatic carbocycles. The van der Waals surface area contributed by atoms with Crippen molar-refractivity contribution in [2.45, 2.75) is 12.8 Å². The molecular formula is C11H11BrS. The first-order valence-corrected chi connectivity index (χ1v) is 6.43. The Hall–Kier alpha value is -0.340. The highest BCUT2D eigenvalue weighted by Crippen LogP contribution is 2.24. The van der Waals surface area contributed by atoms with Crippen LogP contribution in [0.1, 0.15) is 12.0 Å². The number of hydrogen-bond donors (Lipinski definition) is 0. The number of hydrogen-bond acceptors (Lipinski definition) is 1. The van der Waals surface area contributed by atoms with Gasteiger partial charge in [-0.05, 0) is 41.3 Å². The minimum atomic E-state index is 1.09. The summed E-state index contributed by atoms with van der Waals surface area (Å²) in [6.07, 6.45) is 2.40. The van der Waals surface area contributed by atoms with E-state index in [1.807, 2.05) is 11.3 Å². The Labute approximate surface area is 90.7 Å². The molecule has 0 radical (unpaired) electrons. The smallest absolute Gasteiger partial charge is 0.0345 e. The van der Waals surface area contributed by atoms with Crippen LogP contribution < -0.4 is 0 Å². The van der Waals surface area contributed by atoms with Crippen LogP contribution in [-0.4, -0.2) is 5.33 Å². The molecule has 0 bridgehead atoms. The molecular weight excluding hydrogens is 244 g/mol. The van der Waals surface area contributed by atoms with E-state index in [1.165, 1.54) is 28.5 Å². The van der Waals surface area contributed by atoms with Gasteiger partial charge in [-0.3, -0.25) is 0 Å². The molecule has 1 aromatic carbocycles. The van der Waals surface area contributed by atoms with E-state index in [0.717, 1.165) is 5.33 Å². The number of alkyl halides is 1. The third kappa shape index (κ3) is 1.94. The maximum Gasteiger partial charge on any atom is 0.0345 e. The zero-order valence-corrected chi connectivity index (χ0v) is 9.70. The van der Waals surface area contributed by atoms with Crippen LogP contribution >= 0.6 is 27.3 Å². The number of thiophene rings is 1. The van der Waals surface area contributed by atoms with Crippen LogP contribution in [-0.2, 0) is 6.42 Å². The van der Waals surface area contributed by atoms with Gasteiger partial charge in [0.1, 0.15) is 0 Å². The molecule has 1 heterocycles. The molecule has 2 heteroatoms. The highest BCUT2D eigenvalue weighted by molar-refractivity contribution is 9.09. The number of aryl methyl sites for hydroxylation is 1. The second-order valence-corrected chi connectivity index (χ2v) is 4.78. The number of fused-ring (bicyclic) bond motifs is 1. The van der Waals surface area contributed by atoms with Crippen molar-refractivity contribution in [1.82, 2.24) is 0 Å². The minimum Gasteiger partial charge on any atom is -0.144 e. The zero-order valence-electron chi connectivity index (χ0n) is 7.29. The van der Waals surface area contributed by atoms with Crippen LogP contribution in [0, 0.1) is 0 Å². The van der Waals surface area contributed by atoms with Crippen molar-refractivity contribution in [2.75, 3.05) is 5.33 Å². The molecule has 0 spiro atoms. The molecule has 0 aliphatic heterocycles. The molecule has 0 saturated carbocycles. The average Bonchev–Trinajstić information content (AvgIpc) is 2.62. The van der Waals surface area contributed by atoms with E-state index in [4.69, 9.17) is 0 Å². The quantitative estimate of drug-likeness (QED) is 0.720. The summed E-state index contributed by atoms with van der Waals surface area (Å²) in [5.41, 5.74) is 1.48. The number of rotatable bonds is 3. The molecule has 1 aromatic heterocycles. The van der Waals surface area contributed by atoms with E-state index in [2.05, 4.69) is 45.6 Å². The van der Waals surface area contributed by atoms with Crippen LogP contribution in [0.4, 0.5) is 0 Å². The van der Waals surface area contributed by atoms with Crippen LogP contribution in [0.5, 0.6) is 0 Å². The number of halogens is 1. The van der Waals surface area contributed by atoms with Gasteiger partial charge in [-0.1, -0.05) is 28.1 Å². The second kappa shape index (κ2) is 4.25. The van der Waals surface area contributed by atoms with Gasteiger partial charge in [-0.25, -0.2) is 0 Å². The molecule has 0 N–H and O–H groups in total. The van der Waals surface area contributed by atoms with E-state index in [9.17, 15) is 0 Å². The van der Waals surface area contributed by atoms with Gasteiger partial charge in [0.2, 0.25) is 0 Å². The van der Waals surface area contributed by atoms with E-state index >= 15 is 0 Å². The van der Waals surface area contributed by atoms with E-state index in [-0.39, 0.29) is 0 Å². The first-order valence-electron chi connectivity index (χ1n) is 4.43. The Morgan fingerprint density at radius 1 is 1.23 bits per heavy atom. The van der Waals surface area contributed by atoms with Crippen LogP contribution in [0.2, 0.25) is 0 Å². The molecule has 0 atom stereocenters. The van der Waals surface area contributed by atoms with Gasteiger partial charge in [0.15, 0.2) is 0 Å². The molecule has 2 rings (SSSR count). The lowest BCUT2D eigenvalue weighted by molar-refractivity contribution is 0.948. The first-order chi connectivity index (χ1) is 6.42. The maximum atomic E-state index is 3.46. The molecule has 13 heavy (non-hydrogen) atoms. The monoisotopic (exact) mass is 254 g/mol.